The highest BCUT2D eigenvalue weighted by molar-refractivity contribution is 7.19. The van der Waals surface area contributed by atoms with Crippen LogP contribution in [0.1, 0.15) is 22.3 Å². The molecule has 0 radical (unpaired) electrons. The smallest absolute Gasteiger partial charge is 0.123 e. The number of benzene rings is 3. The van der Waals surface area contributed by atoms with Gasteiger partial charge in [-0.05, 0) is 71.8 Å². The fraction of sp³-hybridized carbons (Fsp3) is 0.120. The van der Waals surface area contributed by atoms with Gasteiger partial charge in [0.1, 0.15) is 5.82 Å². The molecule has 0 aliphatic rings. The topological polar surface area (TPSA) is 0 Å². The lowest BCUT2D eigenvalue weighted by Gasteiger charge is -2.07. The van der Waals surface area contributed by atoms with Crippen LogP contribution in [0.5, 0.6) is 0 Å². The summed E-state index contributed by atoms with van der Waals surface area (Å²) in [6.45, 7) is 4.30. The molecule has 0 saturated carbocycles. The number of aryl methyl sites for hydroxylation is 2. The van der Waals surface area contributed by atoms with Crippen molar-refractivity contribution < 1.29 is 4.39 Å². The van der Waals surface area contributed by atoms with Crippen molar-refractivity contribution in [3.63, 3.8) is 0 Å². The molecule has 0 unspecified atom stereocenters. The van der Waals surface area contributed by atoms with Gasteiger partial charge in [0.2, 0.25) is 0 Å². The molecule has 0 atom stereocenters. The minimum atomic E-state index is -0.199. The normalized spacial score (nSPS) is 10.9. The van der Waals surface area contributed by atoms with Gasteiger partial charge in [0, 0.05) is 9.75 Å². The second-order valence-corrected chi connectivity index (χ2v) is 7.94. The molecular weight excluding hydrogens is 351 g/mol. The Labute approximate surface area is 164 Å². The second kappa shape index (κ2) is 7.50. The lowest BCUT2D eigenvalue weighted by Crippen LogP contribution is -1.91. The van der Waals surface area contributed by atoms with E-state index in [0.717, 1.165) is 12.0 Å². The third-order valence-corrected chi connectivity index (χ3v) is 6.23. The maximum Gasteiger partial charge on any atom is 0.123 e. The van der Waals surface area contributed by atoms with Crippen LogP contribution < -0.4 is 0 Å². The van der Waals surface area contributed by atoms with Crippen molar-refractivity contribution in [3.8, 4) is 20.9 Å². The van der Waals surface area contributed by atoms with Crippen LogP contribution in [-0.2, 0) is 6.42 Å². The summed E-state index contributed by atoms with van der Waals surface area (Å²) in [4.78, 5) is 2.48. The minimum Gasteiger partial charge on any atom is -0.207 e. The third-order valence-electron chi connectivity index (χ3n) is 4.97. The summed E-state index contributed by atoms with van der Waals surface area (Å²) in [6.07, 6.45) is 0.877. The van der Waals surface area contributed by atoms with Crippen molar-refractivity contribution in [2.75, 3.05) is 0 Å². The molecule has 27 heavy (non-hydrogen) atoms. The summed E-state index contributed by atoms with van der Waals surface area (Å²) in [6, 6.07) is 26.1. The van der Waals surface area contributed by atoms with Gasteiger partial charge in [-0.1, -0.05) is 60.7 Å². The summed E-state index contributed by atoms with van der Waals surface area (Å²) in [5.74, 6) is -0.199. The lowest BCUT2D eigenvalue weighted by atomic mass is 9.98. The number of thiophene rings is 1. The Morgan fingerprint density at radius 3 is 2.11 bits per heavy atom. The Bertz CT molecular complexity index is 1070. The van der Waals surface area contributed by atoms with Gasteiger partial charge in [0.25, 0.3) is 0 Å². The fourth-order valence-electron chi connectivity index (χ4n) is 3.40. The molecule has 1 aromatic heterocycles. The van der Waals surface area contributed by atoms with E-state index in [4.69, 9.17) is 0 Å². The van der Waals surface area contributed by atoms with Gasteiger partial charge in [-0.3, -0.25) is 0 Å². The summed E-state index contributed by atoms with van der Waals surface area (Å²) in [5.41, 5.74) is 7.53. The zero-order chi connectivity index (χ0) is 18.8. The largest absolute Gasteiger partial charge is 0.207 e. The molecule has 4 rings (SSSR count). The van der Waals surface area contributed by atoms with E-state index < -0.39 is 0 Å². The molecule has 0 N–H and O–H groups in total. The number of rotatable bonds is 4. The van der Waals surface area contributed by atoms with Crippen molar-refractivity contribution in [1.82, 2.24) is 0 Å². The van der Waals surface area contributed by atoms with Crippen molar-refractivity contribution >= 4 is 11.3 Å². The first-order valence-electron chi connectivity index (χ1n) is 9.11. The predicted octanol–water partition coefficient (Wildman–Crippen LogP) is 7.43. The van der Waals surface area contributed by atoms with E-state index in [2.05, 4.69) is 68.4 Å². The summed E-state index contributed by atoms with van der Waals surface area (Å²) >= 11 is 1.79. The molecule has 0 amide bonds. The van der Waals surface area contributed by atoms with Crippen LogP contribution in [0.4, 0.5) is 4.39 Å². The van der Waals surface area contributed by atoms with Gasteiger partial charge in [-0.25, -0.2) is 4.39 Å². The Hall–Kier alpha value is -2.71. The van der Waals surface area contributed by atoms with E-state index in [1.54, 1.807) is 23.5 Å². The number of hydrogen-bond acceptors (Lipinski definition) is 1. The van der Waals surface area contributed by atoms with Gasteiger partial charge in [0.15, 0.2) is 0 Å². The quantitative estimate of drug-likeness (QED) is 0.349. The molecule has 0 fully saturated rings. The Balaban J connectivity index is 1.84. The van der Waals surface area contributed by atoms with Crippen molar-refractivity contribution in [1.29, 1.82) is 0 Å². The van der Waals surface area contributed by atoms with Crippen LogP contribution in [0.3, 0.4) is 0 Å². The van der Waals surface area contributed by atoms with Crippen LogP contribution in [-0.4, -0.2) is 0 Å². The highest BCUT2D eigenvalue weighted by Crippen LogP contribution is 2.40. The monoisotopic (exact) mass is 372 g/mol. The van der Waals surface area contributed by atoms with Crippen LogP contribution in [0, 0.1) is 19.7 Å². The first-order valence-corrected chi connectivity index (χ1v) is 9.92. The molecule has 3 aromatic carbocycles. The molecule has 0 saturated heterocycles. The van der Waals surface area contributed by atoms with Crippen LogP contribution in [0.15, 0.2) is 78.9 Å². The molecule has 2 heteroatoms. The van der Waals surface area contributed by atoms with Gasteiger partial charge < -0.3 is 0 Å². The molecule has 0 aliphatic carbocycles. The maximum absolute atomic E-state index is 13.4. The minimum absolute atomic E-state index is 0.199. The van der Waals surface area contributed by atoms with Gasteiger partial charge in [0.05, 0.1) is 0 Å². The molecule has 1 heterocycles. The third kappa shape index (κ3) is 3.72. The molecule has 0 spiro atoms. The highest BCUT2D eigenvalue weighted by Gasteiger charge is 2.15. The van der Waals surface area contributed by atoms with E-state index in [9.17, 15) is 4.39 Å². The van der Waals surface area contributed by atoms with E-state index >= 15 is 0 Å². The maximum atomic E-state index is 13.4. The molecule has 134 valence electrons. The molecule has 0 bridgehead atoms. The van der Waals surface area contributed by atoms with E-state index in [1.165, 1.54) is 37.6 Å². The van der Waals surface area contributed by atoms with E-state index in [1.807, 2.05) is 12.1 Å². The summed E-state index contributed by atoms with van der Waals surface area (Å²) in [7, 11) is 0. The van der Waals surface area contributed by atoms with Crippen LogP contribution >= 0.6 is 11.3 Å². The van der Waals surface area contributed by atoms with Crippen LogP contribution in [0.25, 0.3) is 20.9 Å². The molecule has 0 nitrogen and oxygen atoms in total. The lowest BCUT2D eigenvalue weighted by molar-refractivity contribution is 0.628. The average molecular weight is 373 g/mol. The second-order valence-electron chi connectivity index (χ2n) is 6.89. The fourth-order valence-corrected chi connectivity index (χ4v) is 4.68. The summed E-state index contributed by atoms with van der Waals surface area (Å²) < 4.78 is 13.4. The molecule has 0 aliphatic heterocycles. The van der Waals surface area contributed by atoms with Gasteiger partial charge in [-0.15, -0.1) is 11.3 Å². The number of halogens is 1. The van der Waals surface area contributed by atoms with Crippen molar-refractivity contribution in [3.05, 3.63) is 107 Å². The van der Waals surface area contributed by atoms with E-state index in [0.29, 0.717) is 0 Å². The SMILES string of the molecule is Cc1ccccc1Cc1cc(-c2ccccc2C)sc1-c1ccc(F)cc1. The predicted molar refractivity (Wildman–Crippen MR) is 114 cm³/mol. The first kappa shape index (κ1) is 17.7. The zero-order valence-electron chi connectivity index (χ0n) is 15.5. The first-order chi connectivity index (χ1) is 13.1. The standard InChI is InChI=1S/C25H21FS/c1-17-7-3-5-9-20(17)15-21-16-24(23-10-6-4-8-18(23)2)27-25(21)19-11-13-22(26)14-12-19/h3-14,16H,15H2,1-2H3. The van der Waals surface area contributed by atoms with Gasteiger partial charge >= 0.3 is 0 Å². The zero-order valence-corrected chi connectivity index (χ0v) is 16.3. The summed E-state index contributed by atoms with van der Waals surface area (Å²) in [5, 5.41) is 0. The molecule has 4 aromatic rings. The van der Waals surface area contributed by atoms with E-state index in [-0.39, 0.29) is 5.82 Å². The Kier molecular flexibility index (Phi) is 4.91. The Morgan fingerprint density at radius 2 is 1.41 bits per heavy atom. The average Bonchev–Trinajstić information content (AvgIpc) is 3.08. The van der Waals surface area contributed by atoms with Crippen LogP contribution in [0.2, 0.25) is 0 Å². The highest BCUT2D eigenvalue weighted by atomic mass is 32.1. The van der Waals surface area contributed by atoms with Gasteiger partial charge in [-0.2, -0.15) is 0 Å². The van der Waals surface area contributed by atoms with Crippen molar-refractivity contribution in [2.24, 2.45) is 0 Å². The van der Waals surface area contributed by atoms with Crippen molar-refractivity contribution in [2.45, 2.75) is 20.3 Å². The Morgan fingerprint density at radius 1 is 0.741 bits per heavy atom. The molecular formula is C25H21FS. The number of hydrogen-bond donors (Lipinski definition) is 0.